The molecule has 0 amide bonds. The Morgan fingerprint density at radius 2 is 1.84 bits per heavy atom. The average Bonchev–Trinajstić information content (AvgIpc) is 2.45. The van der Waals surface area contributed by atoms with Crippen molar-refractivity contribution in [3.05, 3.63) is 65.7 Å². The molecule has 0 radical (unpaired) electrons. The molecule has 1 N–H and O–H groups in total. The first-order valence-electron chi connectivity index (χ1n) is 6.16. The van der Waals surface area contributed by atoms with Gasteiger partial charge in [-0.1, -0.05) is 48.0 Å². The van der Waals surface area contributed by atoms with E-state index in [2.05, 4.69) is 5.32 Å². The monoisotopic (exact) mass is 255 g/mol. The lowest BCUT2D eigenvalue weighted by atomic mass is 10.0. The van der Waals surface area contributed by atoms with Crippen molar-refractivity contribution in [1.29, 1.82) is 0 Å². The second kappa shape index (κ2) is 6.05. The lowest BCUT2D eigenvalue weighted by molar-refractivity contribution is -0.141. The molecule has 0 aliphatic carbocycles. The molecule has 0 heterocycles. The fourth-order valence-electron chi connectivity index (χ4n) is 1.95. The molecule has 19 heavy (non-hydrogen) atoms. The van der Waals surface area contributed by atoms with Crippen molar-refractivity contribution in [2.24, 2.45) is 0 Å². The van der Waals surface area contributed by atoms with Crippen LogP contribution in [-0.2, 0) is 9.53 Å². The normalized spacial score (nSPS) is 11.7. The van der Waals surface area contributed by atoms with Gasteiger partial charge in [0.1, 0.15) is 0 Å². The Labute approximate surface area is 113 Å². The zero-order chi connectivity index (χ0) is 13.7. The first kappa shape index (κ1) is 13.1. The summed E-state index contributed by atoms with van der Waals surface area (Å²) >= 11 is 0. The molecule has 0 fully saturated rings. The number of para-hydroxylation sites is 1. The summed E-state index contributed by atoms with van der Waals surface area (Å²) < 4.78 is 4.88. The van der Waals surface area contributed by atoms with Gasteiger partial charge in [-0.3, -0.25) is 0 Å². The van der Waals surface area contributed by atoms with Gasteiger partial charge < -0.3 is 10.1 Å². The first-order chi connectivity index (χ1) is 9.20. The fraction of sp³-hybridized carbons (Fsp3) is 0.188. The van der Waals surface area contributed by atoms with E-state index in [9.17, 15) is 4.79 Å². The van der Waals surface area contributed by atoms with Crippen LogP contribution in [0.25, 0.3) is 0 Å². The van der Waals surface area contributed by atoms with Gasteiger partial charge in [0, 0.05) is 5.69 Å². The van der Waals surface area contributed by atoms with E-state index in [1.165, 1.54) is 7.11 Å². The van der Waals surface area contributed by atoms with Crippen LogP contribution in [0.1, 0.15) is 17.2 Å². The first-order valence-corrected chi connectivity index (χ1v) is 6.16. The number of carbonyl (C=O) groups is 1. The number of benzene rings is 2. The van der Waals surface area contributed by atoms with Crippen LogP contribution in [0.4, 0.5) is 5.69 Å². The van der Waals surface area contributed by atoms with Crippen LogP contribution >= 0.6 is 0 Å². The number of methoxy groups -OCH3 is 1. The number of aryl methyl sites for hydroxylation is 1. The predicted octanol–water partition coefficient (Wildman–Crippen LogP) is 3.32. The van der Waals surface area contributed by atoms with Crippen LogP contribution in [0, 0.1) is 6.92 Å². The SMILES string of the molecule is COC(=O)C(Nc1ccccc1)c1cccc(C)c1. The summed E-state index contributed by atoms with van der Waals surface area (Å²) in [4.78, 5) is 11.9. The molecule has 2 aromatic carbocycles. The number of nitrogens with one attached hydrogen (secondary N) is 1. The molecule has 1 atom stereocenters. The summed E-state index contributed by atoms with van der Waals surface area (Å²) in [5, 5.41) is 3.20. The molecule has 0 bridgehead atoms. The van der Waals surface area contributed by atoms with Gasteiger partial charge in [-0.15, -0.1) is 0 Å². The predicted molar refractivity (Wildman–Crippen MR) is 76.0 cm³/mol. The Hall–Kier alpha value is -2.29. The summed E-state index contributed by atoms with van der Waals surface area (Å²) in [6.45, 7) is 2.00. The molecule has 0 aromatic heterocycles. The maximum Gasteiger partial charge on any atom is 0.332 e. The van der Waals surface area contributed by atoms with E-state index in [0.717, 1.165) is 16.8 Å². The van der Waals surface area contributed by atoms with Crippen LogP contribution in [0.15, 0.2) is 54.6 Å². The van der Waals surface area contributed by atoms with Crippen molar-refractivity contribution in [2.45, 2.75) is 13.0 Å². The van der Waals surface area contributed by atoms with E-state index in [1.54, 1.807) is 0 Å². The van der Waals surface area contributed by atoms with Crippen molar-refractivity contribution in [3.8, 4) is 0 Å². The minimum absolute atomic E-state index is 0.297. The molecule has 0 aliphatic rings. The molecule has 0 aliphatic heterocycles. The van der Waals surface area contributed by atoms with Crippen molar-refractivity contribution >= 4 is 11.7 Å². The number of esters is 1. The molecular formula is C16H17NO2. The van der Waals surface area contributed by atoms with E-state index in [0.29, 0.717) is 0 Å². The topological polar surface area (TPSA) is 38.3 Å². The minimum Gasteiger partial charge on any atom is -0.467 e. The molecular weight excluding hydrogens is 238 g/mol. The van der Waals surface area contributed by atoms with Crippen LogP contribution in [0.5, 0.6) is 0 Å². The molecule has 98 valence electrons. The van der Waals surface area contributed by atoms with Crippen LogP contribution in [0.3, 0.4) is 0 Å². The number of anilines is 1. The zero-order valence-corrected chi connectivity index (χ0v) is 11.1. The molecule has 3 nitrogen and oxygen atoms in total. The number of hydrogen-bond acceptors (Lipinski definition) is 3. The number of rotatable bonds is 4. The van der Waals surface area contributed by atoms with Crippen molar-refractivity contribution < 1.29 is 9.53 Å². The van der Waals surface area contributed by atoms with Gasteiger partial charge in [0.25, 0.3) is 0 Å². The van der Waals surface area contributed by atoms with E-state index >= 15 is 0 Å². The highest BCUT2D eigenvalue weighted by atomic mass is 16.5. The summed E-state index contributed by atoms with van der Waals surface area (Å²) in [5.74, 6) is -0.297. The number of hydrogen-bond donors (Lipinski definition) is 1. The van der Waals surface area contributed by atoms with E-state index in [-0.39, 0.29) is 5.97 Å². The number of ether oxygens (including phenoxy) is 1. The number of carbonyl (C=O) groups excluding carboxylic acids is 1. The highest BCUT2D eigenvalue weighted by Gasteiger charge is 2.21. The second-order valence-corrected chi connectivity index (χ2v) is 4.38. The van der Waals surface area contributed by atoms with Gasteiger partial charge >= 0.3 is 5.97 Å². The van der Waals surface area contributed by atoms with E-state index in [4.69, 9.17) is 4.74 Å². The van der Waals surface area contributed by atoms with Gasteiger partial charge in [-0.05, 0) is 24.6 Å². The molecule has 2 rings (SSSR count). The van der Waals surface area contributed by atoms with Crippen molar-refractivity contribution in [2.75, 3.05) is 12.4 Å². The second-order valence-electron chi connectivity index (χ2n) is 4.38. The van der Waals surface area contributed by atoms with Gasteiger partial charge in [0.05, 0.1) is 7.11 Å². The standard InChI is InChI=1S/C16H17NO2/c1-12-7-6-8-13(11-12)15(16(18)19-2)17-14-9-4-3-5-10-14/h3-11,15,17H,1-2H3. The molecule has 0 saturated heterocycles. The molecule has 0 saturated carbocycles. The Bertz CT molecular complexity index is 552. The van der Waals surface area contributed by atoms with Crippen LogP contribution in [-0.4, -0.2) is 13.1 Å². The third kappa shape index (κ3) is 3.35. The molecule has 0 spiro atoms. The molecule has 2 aromatic rings. The summed E-state index contributed by atoms with van der Waals surface area (Å²) in [6.07, 6.45) is 0. The maximum absolute atomic E-state index is 11.9. The third-order valence-electron chi connectivity index (χ3n) is 2.90. The van der Waals surface area contributed by atoms with Gasteiger partial charge in [0.2, 0.25) is 0 Å². The van der Waals surface area contributed by atoms with Crippen LogP contribution < -0.4 is 5.32 Å². The largest absolute Gasteiger partial charge is 0.467 e. The van der Waals surface area contributed by atoms with Crippen LogP contribution in [0.2, 0.25) is 0 Å². The van der Waals surface area contributed by atoms with Gasteiger partial charge in [-0.2, -0.15) is 0 Å². The van der Waals surface area contributed by atoms with E-state index < -0.39 is 6.04 Å². The zero-order valence-electron chi connectivity index (χ0n) is 11.1. The van der Waals surface area contributed by atoms with Gasteiger partial charge in [-0.25, -0.2) is 4.79 Å². The smallest absolute Gasteiger partial charge is 0.332 e. The highest BCUT2D eigenvalue weighted by Crippen LogP contribution is 2.21. The Morgan fingerprint density at radius 1 is 1.11 bits per heavy atom. The minimum atomic E-state index is -0.493. The fourth-order valence-corrected chi connectivity index (χ4v) is 1.95. The lowest BCUT2D eigenvalue weighted by Crippen LogP contribution is -2.22. The molecule has 1 unspecified atom stereocenters. The van der Waals surface area contributed by atoms with E-state index in [1.807, 2.05) is 61.5 Å². The summed E-state index contributed by atoms with van der Waals surface area (Å²) in [5.41, 5.74) is 2.90. The maximum atomic E-state index is 11.9. The quantitative estimate of drug-likeness (QED) is 0.852. The van der Waals surface area contributed by atoms with Gasteiger partial charge in [0.15, 0.2) is 6.04 Å². The Balaban J connectivity index is 2.29. The lowest BCUT2D eigenvalue weighted by Gasteiger charge is -2.18. The van der Waals surface area contributed by atoms with Crippen molar-refractivity contribution in [3.63, 3.8) is 0 Å². The summed E-state index contributed by atoms with van der Waals surface area (Å²) in [6, 6.07) is 17.0. The highest BCUT2D eigenvalue weighted by molar-refractivity contribution is 5.81. The van der Waals surface area contributed by atoms with Crippen molar-refractivity contribution in [1.82, 2.24) is 0 Å². The Morgan fingerprint density at radius 3 is 2.47 bits per heavy atom. The average molecular weight is 255 g/mol. The molecule has 3 heteroatoms. The Kier molecular flexibility index (Phi) is 4.18. The summed E-state index contributed by atoms with van der Waals surface area (Å²) in [7, 11) is 1.40. The third-order valence-corrected chi connectivity index (χ3v) is 2.90.